The molecule has 0 saturated carbocycles. The molecule has 21 heavy (non-hydrogen) atoms. The fourth-order valence-corrected chi connectivity index (χ4v) is 3.17. The van der Waals surface area contributed by atoms with Crippen molar-refractivity contribution >= 4 is 0 Å². The van der Waals surface area contributed by atoms with E-state index in [-0.39, 0.29) is 18.0 Å². The maximum atomic E-state index is 5.53. The molecule has 0 spiro atoms. The normalized spacial score (nSPS) is 32.4. The summed E-state index contributed by atoms with van der Waals surface area (Å²) in [6, 6.07) is 0.457. The van der Waals surface area contributed by atoms with Crippen LogP contribution in [-0.2, 0) is 4.74 Å². The fourth-order valence-electron chi connectivity index (χ4n) is 3.17. The Morgan fingerprint density at radius 3 is 2.90 bits per heavy atom. The van der Waals surface area contributed by atoms with Crippen LogP contribution < -0.4 is 5.32 Å². The third-order valence-electron chi connectivity index (χ3n) is 4.59. The summed E-state index contributed by atoms with van der Waals surface area (Å²) in [6.07, 6.45) is 1.17. The standard InChI is InChI=1S/C14H25N5O2/c1-15-11-9-20-8-10(11)14-16-13(17-21-14)12-7-18(2)5-4-6-19(12)3/h10-12,15H,4-9H2,1-3H3. The molecule has 1 aromatic heterocycles. The van der Waals surface area contributed by atoms with Crippen molar-refractivity contribution < 1.29 is 9.26 Å². The SMILES string of the molecule is CNC1COCC1c1nc(C2CN(C)CCCN2C)no1. The zero-order valence-corrected chi connectivity index (χ0v) is 13.1. The number of nitrogens with zero attached hydrogens (tertiary/aromatic N) is 4. The molecule has 0 aromatic carbocycles. The molecule has 2 saturated heterocycles. The molecular weight excluding hydrogens is 270 g/mol. The van der Waals surface area contributed by atoms with Gasteiger partial charge in [-0.05, 0) is 40.7 Å². The Labute approximate surface area is 125 Å². The zero-order valence-electron chi connectivity index (χ0n) is 13.1. The monoisotopic (exact) mass is 295 g/mol. The average molecular weight is 295 g/mol. The Kier molecular flexibility index (Phi) is 4.54. The number of aromatic nitrogens is 2. The number of rotatable bonds is 3. The Bertz CT molecular complexity index is 466. The minimum atomic E-state index is 0.157. The average Bonchev–Trinajstić information content (AvgIpc) is 3.09. The Hall–Kier alpha value is -1.02. The molecule has 1 aromatic rings. The Balaban J connectivity index is 1.77. The molecule has 3 unspecified atom stereocenters. The van der Waals surface area contributed by atoms with Crippen molar-refractivity contribution in [2.75, 3.05) is 54.0 Å². The molecule has 0 amide bonds. The van der Waals surface area contributed by atoms with Gasteiger partial charge < -0.3 is 19.5 Å². The number of ether oxygens (including phenoxy) is 1. The maximum absolute atomic E-state index is 5.53. The summed E-state index contributed by atoms with van der Waals surface area (Å²) in [4.78, 5) is 9.33. The molecule has 1 N–H and O–H groups in total. The van der Waals surface area contributed by atoms with Gasteiger partial charge in [0.25, 0.3) is 0 Å². The summed E-state index contributed by atoms with van der Waals surface area (Å²) < 4.78 is 11.1. The Morgan fingerprint density at radius 1 is 1.24 bits per heavy atom. The molecule has 0 radical (unpaired) electrons. The smallest absolute Gasteiger partial charge is 0.233 e. The Morgan fingerprint density at radius 2 is 2.10 bits per heavy atom. The first-order valence-electron chi connectivity index (χ1n) is 7.66. The van der Waals surface area contributed by atoms with Crippen molar-refractivity contribution in [3.63, 3.8) is 0 Å². The molecule has 3 atom stereocenters. The van der Waals surface area contributed by atoms with E-state index in [1.165, 1.54) is 6.42 Å². The second kappa shape index (κ2) is 6.39. The lowest BCUT2D eigenvalue weighted by molar-refractivity contribution is 0.185. The van der Waals surface area contributed by atoms with Gasteiger partial charge in [0.05, 0.1) is 25.2 Å². The van der Waals surface area contributed by atoms with Gasteiger partial charge >= 0.3 is 0 Å². The van der Waals surface area contributed by atoms with Gasteiger partial charge in [-0.2, -0.15) is 4.98 Å². The summed E-state index contributed by atoms with van der Waals surface area (Å²) in [5.74, 6) is 1.65. The lowest BCUT2D eigenvalue weighted by Gasteiger charge is -2.24. The van der Waals surface area contributed by atoms with Crippen LogP contribution in [0.2, 0.25) is 0 Å². The third kappa shape index (κ3) is 3.11. The first-order valence-corrected chi connectivity index (χ1v) is 7.66. The number of hydrogen-bond donors (Lipinski definition) is 1. The highest BCUT2D eigenvalue weighted by Crippen LogP contribution is 2.27. The van der Waals surface area contributed by atoms with Crippen LogP contribution in [0.3, 0.4) is 0 Å². The molecule has 0 aliphatic carbocycles. The van der Waals surface area contributed by atoms with Gasteiger partial charge in [-0.15, -0.1) is 0 Å². The highest BCUT2D eigenvalue weighted by atomic mass is 16.5. The maximum Gasteiger partial charge on any atom is 0.233 e. The van der Waals surface area contributed by atoms with E-state index in [1.807, 2.05) is 7.05 Å². The molecule has 2 fully saturated rings. The largest absolute Gasteiger partial charge is 0.379 e. The molecule has 2 aliphatic rings. The van der Waals surface area contributed by atoms with Gasteiger partial charge in [-0.1, -0.05) is 5.16 Å². The number of hydrogen-bond acceptors (Lipinski definition) is 7. The summed E-state index contributed by atoms with van der Waals surface area (Å²) in [6.45, 7) is 4.46. The lowest BCUT2D eigenvalue weighted by Crippen LogP contribution is -2.32. The molecule has 7 heteroatoms. The van der Waals surface area contributed by atoms with Crippen LogP contribution in [0.1, 0.15) is 30.1 Å². The van der Waals surface area contributed by atoms with Crippen molar-refractivity contribution in [2.45, 2.75) is 24.4 Å². The van der Waals surface area contributed by atoms with Crippen LogP contribution in [0.15, 0.2) is 4.52 Å². The van der Waals surface area contributed by atoms with E-state index >= 15 is 0 Å². The van der Waals surface area contributed by atoms with Crippen LogP contribution in [0, 0.1) is 0 Å². The summed E-state index contributed by atoms with van der Waals surface area (Å²) in [7, 11) is 6.22. The topological polar surface area (TPSA) is 66.7 Å². The highest BCUT2D eigenvalue weighted by Gasteiger charge is 2.34. The molecule has 118 valence electrons. The molecule has 3 heterocycles. The van der Waals surface area contributed by atoms with E-state index < -0.39 is 0 Å². The fraction of sp³-hybridized carbons (Fsp3) is 0.857. The van der Waals surface area contributed by atoms with E-state index in [0.29, 0.717) is 19.1 Å². The van der Waals surface area contributed by atoms with Crippen molar-refractivity contribution in [3.8, 4) is 0 Å². The van der Waals surface area contributed by atoms with E-state index in [1.54, 1.807) is 0 Å². The minimum Gasteiger partial charge on any atom is -0.379 e. The predicted octanol–water partition coefficient (Wildman–Crippen LogP) is 0.0798. The summed E-state index contributed by atoms with van der Waals surface area (Å²) in [5, 5.41) is 7.50. The van der Waals surface area contributed by atoms with Crippen molar-refractivity contribution in [1.29, 1.82) is 0 Å². The third-order valence-corrected chi connectivity index (χ3v) is 4.59. The summed E-state index contributed by atoms with van der Waals surface area (Å²) in [5.41, 5.74) is 0. The van der Waals surface area contributed by atoms with E-state index in [9.17, 15) is 0 Å². The number of nitrogens with one attached hydrogen (secondary N) is 1. The van der Waals surface area contributed by atoms with Crippen molar-refractivity contribution in [1.82, 2.24) is 25.3 Å². The first kappa shape index (κ1) is 14.9. The quantitative estimate of drug-likeness (QED) is 0.847. The van der Waals surface area contributed by atoms with Crippen LogP contribution in [0.25, 0.3) is 0 Å². The van der Waals surface area contributed by atoms with Gasteiger partial charge in [0.1, 0.15) is 0 Å². The van der Waals surface area contributed by atoms with Crippen LogP contribution in [-0.4, -0.2) is 80.0 Å². The van der Waals surface area contributed by atoms with Crippen LogP contribution >= 0.6 is 0 Å². The van der Waals surface area contributed by atoms with Crippen molar-refractivity contribution in [3.05, 3.63) is 11.7 Å². The number of likely N-dealkylation sites (N-methyl/N-ethyl adjacent to an activating group) is 3. The van der Waals surface area contributed by atoms with Crippen molar-refractivity contribution in [2.24, 2.45) is 0 Å². The van der Waals surface area contributed by atoms with E-state index in [2.05, 4.69) is 39.4 Å². The second-order valence-electron chi connectivity index (χ2n) is 6.14. The van der Waals surface area contributed by atoms with E-state index in [4.69, 9.17) is 9.26 Å². The molecule has 7 nitrogen and oxygen atoms in total. The van der Waals surface area contributed by atoms with Gasteiger partial charge in [-0.25, -0.2) is 0 Å². The van der Waals surface area contributed by atoms with Gasteiger partial charge in [0, 0.05) is 12.6 Å². The lowest BCUT2D eigenvalue weighted by atomic mass is 10.0. The van der Waals surface area contributed by atoms with Gasteiger partial charge in [-0.3, -0.25) is 4.90 Å². The van der Waals surface area contributed by atoms with E-state index in [0.717, 1.165) is 25.5 Å². The molecule has 2 aliphatic heterocycles. The van der Waals surface area contributed by atoms with Gasteiger partial charge in [0.15, 0.2) is 5.82 Å². The van der Waals surface area contributed by atoms with Gasteiger partial charge in [0.2, 0.25) is 5.89 Å². The molecule has 3 rings (SSSR count). The van der Waals surface area contributed by atoms with Crippen LogP contribution in [0.5, 0.6) is 0 Å². The predicted molar refractivity (Wildman–Crippen MR) is 78.2 cm³/mol. The zero-order chi connectivity index (χ0) is 14.8. The molecular formula is C14H25N5O2. The first-order chi connectivity index (χ1) is 10.2. The minimum absolute atomic E-state index is 0.157. The molecule has 0 bridgehead atoms. The van der Waals surface area contributed by atoms with Crippen LogP contribution in [0.4, 0.5) is 0 Å². The summed E-state index contributed by atoms with van der Waals surface area (Å²) >= 11 is 0. The highest BCUT2D eigenvalue weighted by molar-refractivity contribution is 5.05. The second-order valence-corrected chi connectivity index (χ2v) is 6.14.